The second-order valence-electron chi connectivity index (χ2n) is 5.66. The molecule has 4 nitrogen and oxygen atoms in total. The molecular formula is C15H20FNO3S. The van der Waals surface area contributed by atoms with E-state index in [0.717, 1.165) is 18.4 Å². The molecule has 1 aliphatic carbocycles. The lowest BCUT2D eigenvalue weighted by atomic mass is 9.96. The standard InChI is InChI=1S/C15H20FNO3S/c1-2-8-21(19,20)10-14(18)17-11-15(6-7-15)12-4-3-5-13(16)9-12/h3-5,9H,2,6-8,10-11H2,1H3,(H,17,18). The van der Waals surface area contributed by atoms with Crippen LogP contribution in [-0.2, 0) is 20.0 Å². The van der Waals surface area contributed by atoms with Crippen molar-refractivity contribution in [3.8, 4) is 0 Å². The van der Waals surface area contributed by atoms with E-state index in [1.807, 2.05) is 6.07 Å². The van der Waals surface area contributed by atoms with Gasteiger partial charge in [-0.05, 0) is 37.0 Å². The lowest BCUT2D eigenvalue weighted by Gasteiger charge is -2.16. The predicted molar refractivity (Wildman–Crippen MR) is 79.3 cm³/mol. The Morgan fingerprint density at radius 3 is 2.67 bits per heavy atom. The summed E-state index contributed by atoms with van der Waals surface area (Å²) in [6.45, 7) is 2.12. The van der Waals surface area contributed by atoms with Crippen LogP contribution in [0.3, 0.4) is 0 Å². The molecule has 116 valence electrons. The molecule has 1 amide bonds. The predicted octanol–water partition coefficient (Wildman–Crippen LogP) is 1.80. The Kier molecular flexibility index (Phi) is 4.66. The summed E-state index contributed by atoms with van der Waals surface area (Å²) in [7, 11) is -3.32. The van der Waals surface area contributed by atoms with Crippen molar-refractivity contribution in [1.82, 2.24) is 5.32 Å². The molecule has 1 aromatic carbocycles. The summed E-state index contributed by atoms with van der Waals surface area (Å²) >= 11 is 0. The van der Waals surface area contributed by atoms with Crippen LogP contribution in [0.1, 0.15) is 31.7 Å². The molecule has 0 heterocycles. The minimum atomic E-state index is -3.32. The highest BCUT2D eigenvalue weighted by Crippen LogP contribution is 2.47. The maximum atomic E-state index is 13.3. The smallest absolute Gasteiger partial charge is 0.235 e. The number of carbonyl (C=O) groups excluding carboxylic acids is 1. The summed E-state index contributed by atoms with van der Waals surface area (Å²) in [6, 6.07) is 6.36. The van der Waals surface area contributed by atoms with E-state index in [-0.39, 0.29) is 17.0 Å². The number of amides is 1. The minimum absolute atomic E-state index is 0.0233. The van der Waals surface area contributed by atoms with Crippen LogP contribution in [0.15, 0.2) is 24.3 Å². The van der Waals surface area contributed by atoms with Gasteiger partial charge in [0.2, 0.25) is 5.91 Å². The van der Waals surface area contributed by atoms with Gasteiger partial charge in [0.25, 0.3) is 0 Å². The fraction of sp³-hybridized carbons (Fsp3) is 0.533. The zero-order chi connectivity index (χ0) is 15.5. The van der Waals surface area contributed by atoms with Crippen LogP contribution in [0, 0.1) is 5.82 Å². The van der Waals surface area contributed by atoms with E-state index >= 15 is 0 Å². The summed E-state index contributed by atoms with van der Waals surface area (Å²) in [5.41, 5.74) is 0.631. The number of halogens is 1. The number of hydrogen-bond donors (Lipinski definition) is 1. The van der Waals surface area contributed by atoms with Gasteiger partial charge in [0.15, 0.2) is 9.84 Å². The third kappa shape index (κ3) is 4.27. The van der Waals surface area contributed by atoms with Crippen LogP contribution in [0.2, 0.25) is 0 Å². The first-order chi connectivity index (χ1) is 9.87. The van der Waals surface area contributed by atoms with Crippen molar-refractivity contribution in [2.75, 3.05) is 18.1 Å². The fourth-order valence-electron chi connectivity index (χ4n) is 2.44. The number of rotatable bonds is 7. The maximum absolute atomic E-state index is 13.3. The van der Waals surface area contributed by atoms with E-state index in [9.17, 15) is 17.6 Å². The van der Waals surface area contributed by atoms with Crippen molar-refractivity contribution in [1.29, 1.82) is 0 Å². The Labute approximate surface area is 124 Å². The molecular weight excluding hydrogens is 293 g/mol. The van der Waals surface area contributed by atoms with Crippen LogP contribution < -0.4 is 5.32 Å². The van der Waals surface area contributed by atoms with Gasteiger partial charge in [0, 0.05) is 12.0 Å². The lowest BCUT2D eigenvalue weighted by molar-refractivity contribution is -0.118. The van der Waals surface area contributed by atoms with E-state index < -0.39 is 21.5 Å². The molecule has 0 aromatic heterocycles. The van der Waals surface area contributed by atoms with Crippen molar-refractivity contribution in [3.63, 3.8) is 0 Å². The monoisotopic (exact) mass is 313 g/mol. The van der Waals surface area contributed by atoms with Gasteiger partial charge in [-0.15, -0.1) is 0 Å². The topological polar surface area (TPSA) is 63.2 Å². The molecule has 0 aliphatic heterocycles. The molecule has 1 N–H and O–H groups in total. The Morgan fingerprint density at radius 1 is 1.38 bits per heavy atom. The zero-order valence-electron chi connectivity index (χ0n) is 12.1. The highest BCUT2D eigenvalue weighted by Gasteiger charge is 2.44. The normalized spacial score (nSPS) is 16.5. The largest absolute Gasteiger partial charge is 0.354 e. The molecule has 1 aliphatic rings. The first-order valence-electron chi connectivity index (χ1n) is 7.10. The molecule has 21 heavy (non-hydrogen) atoms. The zero-order valence-corrected chi connectivity index (χ0v) is 12.9. The molecule has 6 heteroatoms. The SMILES string of the molecule is CCCS(=O)(=O)CC(=O)NCC1(c2cccc(F)c2)CC1. The van der Waals surface area contributed by atoms with Gasteiger partial charge in [-0.3, -0.25) is 4.79 Å². The summed E-state index contributed by atoms with van der Waals surface area (Å²) in [5.74, 6) is -1.23. The molecule has 1 aromatic rings. The van der Waals surface area contributed by atoms with Crippen LogP contribution in [0.25, 0.3) is 0 Å². The first kappa shape index (κ1) is 15.9. The molecule has 0 atom stereocenters. The first-order valence-corrected chi connectivity index (χ1v) is 8.92. The van der Waals surface area contributed by atoms with Crippen molar-refractivity contribution >= 4 is 15.7 Å². The second-order valence-corrected chi connectivity index (χ2v) is 7.84. The Balaban J connectivity index is 1.93. The van der Waals surface area contributed by atoms with Gasteiger partial charge in [-0.1, -0.05) is 19.1 Å². The molecule has 0 unspecified atom stereocenters. The fourth-order valence-corrected chi connectivity index (χ4v) is 3.71. The highest BCUT2D eigenvalue weighted by molar-refractivity contribution is 7.92. The van der Waals surface area contributed by atoms with Crippen LogP contribution >= 0.6 is 0 Å². The van der Waals surface area contributed by atoms with Gasteiger partial charge < -0.3 is 5.32 Å². The maximum Gasteiger partial charge on any atom is 0.235 e. The van der Waals surface area contributed by atoms with E-state index in [0.29, 0.717) is 13.0 Å². The van der Waals surface area contributed by atoms with Gasteiger partial charge in [-0.2, -0.15) is 0 Å². The Hall–Kier alpha value is -1.43. The Bertz CT molecular complexity index is 624. The van der Waals surface area contributed by atoms with Gasteiger partial charge in [-0.25, -0.2) is 12.8 Å². The molecule has 0 radical (unpaired) electrons. The van der Waals surface area contributed by atoms with Crippen molar-refractivity contribution in [2.45, 2.75) is 31.6 Å². The van der Waals surface area contributed by atoms with Crippen LogP contribution in [0.4, 0.5) is 4.39 Å². The summed E-state index contributed by atoms with van der Waals surface area (Å²) in [6.07, 6.45) is 2.25. The van der Waals surface area contributed by atoms with E-state index in [4.69, 9.17) is 0 Å². The van der Waals surface area contributed by atoms with Crippen LogP contribution in [-0.4, -0.2) is 32.4 Å². The average molecular weight is 313 g/mol. The lowest BCUT2D eigenvalue weighted by Crippen LogP contribution is -2.36. The van der Waals surface area contributed by atoms with E-state index in [2.05, 4.69) is 5.32 Å². The third-order valence-electron chi connectivity index (χ3n) is 3.78. The molecule has 1 saturated carbocycles. The van der Waals surface area contributed by atoms with Gasteiger partial charge in [0.1, 0.15) is 11.6 Å². The number of sulfone groups is 1. The number of benzene rings is 1. The Morgan fingerprint density at radius 2 is 2.10 bits per heavy atom. The highest BCUT2D eigenvalue weighted by atomic mass is 32.2. The number of carbonyl (C=O) groups is 1. The molecule has 0 bridgehead atoms. The number of hydrogen-bond acceptors (Lipinski definition) is 3. The van der Waals surface area contributed by atoms with Gasteiger partial charge in [0.05, 0.1) is 5.75 Å². The molecule has 2 rings (SSSR count). The molecule has 0 saturated heterocycles. The van der Waals surface area contributed by atoms with Crippen molar-refractivity contribution in [3.05, 3.63) is 35.6 Å². The van der Waals surface area contributed by atoms with E-state index in [1.54, 1.807) is 13.0 Å². The number of nitrogens with one attached hydrogen (secondary N) is 1. The summed E-state index contributed by atoms with van der Waals surface area (Å²) in [5, 5.41) is 2.68. The van der Waals surface area contributed by atoms with E-state index in [1.165, 1.54) is 12.1 Å². The van der Waals surface area contributed by atoms with Crippen molar-refractivity contribution < 1.29 is 17.6 Å². The molecule has 0 spiro atoms. The van der Waals surface area contributed by atoms with Crippen molar-refractivity contribution in [2.24, 2.45) is 0 Å². The quantitative estimate of drug-likeness (QED) is 0.835. The minimum Gasteiger partial charge on any atom is -0.354 e. The van der Waals surface area contributed by atoms with Crippen LogP contribution in [0.5, 0.6) is 0 Å². The van der Waals surface area contributed by atoms with Gasteiger partial charge >= 0.3 is 0 Å². The third-order valence-corrected chi connectivity index (χ3v) is 5.51. The molecule has 1 fully saturated rings. The average Bonchev–Trinajstić information content (AvgIpc) is 3.17. The summed E-state index contributed by atoms with van der Waals surface area (Å²) in [4.78, 5) is 11.7. The second kappa shape index (κ2) is 6.13. The summed E-state index contributed by atoms with van der Waals surface area (Å²) < 4.78 is 36.4.